The molecule has 0 aliphatic carbocycles. The molecule has 0 bridgehead atoms. The zero-order valence-electron chi connectivity index (χ0n) is 8.78. The van der Waals surface area contributed by atoms with Crippen molar-refractivity contribution >= 4 is 0 Å². The average molecular weight is 200 g/mol. The van der Waals surface area contributed by atoms with Gasteiger partial charge in [-0.3, -0.25) is 0 Å². The van der Waals surface area contributed by atoms with E-state index in [0.717, 1.165) is 5.57 Å². The Labute approximate surface area is 97.5 Å². The minimum absolute atomic E-state index is 0.552. The maximum atomic E-state index is 4.92. The SMILES string of the molecule is C#CC#CC#CCC(=C)CC#CC#CC#C. The Morgan fingerprint density at radius 1 is 0.750 bits per heavy atom. The van der Waals surface area contributed by atoms with Crippen molar-refractivity contribution in [3.05, 3.63) is 12.2 Å². The number of terminal acetylenes is 2. The van der Waals surface area contributed by atoms with E-state index in [2.05, 4.69) is 65.8 Å². The van der Waals surface area contributed by atoms with E-state index in [-0.39, 0.29) is 0 Å². The zero-order chi connectivity index (χ0) is 12.1. The third kappa shape index (κ3) is 9.19. The molecule has 0 amide bonds. The highest BCUT2D eigenvalue weighted by molar-refractivity contribution is 5.36. The molecule has 0 unspecified atom stereocenters. The van der Waals surface area contributed by atoms with Gasteiger partial charge in [0.1, 0.15) is 0 Å². The fourth-order valence-corrected chi connectivity index (χ4v) is 0.624. The van der Waals surface area contributed by atoms with Crippen molar-refractivity contribution in [2.24, 2.45) is 0 Å². The van der Waals surface area contributed by atoms with Crippen LogP contribution in [0.1, 0.15) is 12.8 Å². The molecule has 0 N–H and O–H groups in total. The summed E-state index contributed by atoms with van der Waals surface area (Å²) >= 11 is 0. The van der Waals surface area contributed by atoms with E-state index in [1.165, 1.54) is 0 Å². The lowest BCUT2D eigenvalue weighted by molar-refractivity contribution is 1.17. The van der Waals surface area contributed by atoms with Gasteiger partial charge in [0.15, 0.2) is 0 Å². The van der Waals surface area contributed by atoms with Gasteiger partial charge in [-0.15, -0.1) is 12.8 Å². The predicted molar refractivity (Wildman–Crippen MR) is 67.1 cm³/mol. The van der Waals surface area contributed by atoms with Crippen molar-refractivity contribution < 1.29 is 0 Å². The fraction of sp³-hybridized carbons (Fsp3) is 0.125. The smallest absolute Gasteiger partial charge is 0.0316 e. The molecule has 0 heteroatoms. The summed E-state index contributed by atoms with van der Waals surface area (Å²) in [4.78, 5) is 0. The summed E-state index contributed by atoms with van der Waals surface area (Å²) in [5.41, 5.74) is 0.907. The number of rotatable bonds is 2. The summed E-state index contributed by atoms with van der Waals surface area (Å²) in [6.45, 7) is 3.81. The van der Waals surface area contributed by atoms with E-state index < -0.39 is 0 Å². The maximum Gasteiger partial charge on any atom is 0.0316 e. The minimum atomic E-state index is 0.552. The summed E-state index contributed by atoms with van der Waals surface area (Å²) < 4.78 is 0. The minimum Gasteiger partial charge on any atom is -0.106 e. The molecule has 0 aromatic rings. The van der Waals surface area contributed by atoms with Gasteiger partial charge in [0.2, 0.25) is 0 Å². The molecule has 0 aliphatic rings. The van der Waals surface area contributed by atoms with Crippen LogP contribution in [0, 0.1) is 72.1 Å². The van der Waals surface area contributed by atoms with Crippen LogP contribution < -0.4 is 0 Å². The highest BCUT2D eigenvalue weighted by Gasteiger charge is 1.85. The molecule has 0 saturated carbocycles. The topological polar surface area (TPSA) is 0 Å². The monoisotopic (exact) mass is 200 g/mol. The number of hydrogen-bond donors (Lipinski definition) is 0. The summed E-state index contributed by atoms with van der Waals surface area (Å²) in [5.74, 6) is 25.0. The van der Waals surface area contributed by atoms with Gasteiger partial charge < -0.3 is 0 Å². The van der Waals surface area contributed by atoms with Gasteiger partial charge in [-0.1, -0.05) is 24.0 Å². The number of allylic oxidation sites excluding steroid dienone is 1. The molecule has 0 aliphatic heterocycles. The van der Waals surface area contributed by atoms with E-state index in [1.54, 1.807) is 0 Å². The Balaban J connectivity index is 4.00. The Kier molecular flexibility index (Phi) is 8.34. The molecule has 0 spiro atoms. The summed E-state index contributed by atoms with van der Waals surface area (Å²) in [5, 5.41) is 0. The van der Waals surface area contributed by atoms with Crippen LogP contribution in [0.2, 0.25) is 0 Å². The quantitative estimate of drug-likeness (QED) is 0.469. The van der Waals surface area contributed by atoms with Gasteiger partial charge in [-0.2, -0.15) is 0 Å². The summed E-state index contributed by atoms with van der Waals surface area (Å²) in [7, 11) is 0. The van der Waals surface area contributed by atoms with Crippen LogP contribution >= 0.6 is 0 Å². The van der Waals surface area contributed by atoms with Crippen LogP contribution in [-0.4, -0.2) is 0 Å². The highest BCUT2D eigenvalue weighted by Crippen LogP contribution is 2.00. The van der Waals surface area contributed by atoms with E-state index >= 15 is 0 Å². The fourth-order valence-electron chi connectivity index (χ4n) is 0.624. The second-order valence-corrected chi connectivity index (χ2v) is 2.50. The lowest BCUT2D eigenvalue weighted by Gasteiger charge is -1.89. The molecule has 0 nitrogen and oxygen atoms in total. The molecule has 0 aromatic carbocycles. The van der Waals surface area contributed by atoms with Crippen molar-refractivity contribution in [3.63, 3.8) is 0 Å². The van der Waals surface area contributed by atoms with E-state index in [1.807, 2.05) is 0 Å². The van der Waals surface area contributed by atoms with Crippen LogP contribution in [0.5, 0.6) is 0 Å². The lowest BCUT2D eigenvalue weighted by atomic mass is 10.1. The van der Waals surface area contributed by atoms with Crippen LogP contribution in [0.15, 0.2) is 12.2 Å². The highest BCUT2D eigenvalue weighted by atomic mass is 13.9. The van der Waals surface area contributed by atoms with Crippen molar-refractivity contribution in [1.82, 2.24) is 0 Å². The average Bonchev–Trinajstić information content (AvgIpc) is 2.28. The molecule has 0 heterocycles. The summed E-state index contributed by atoms with van der Waals surface area (Å²) in [6, 6.07) is 0. The predicted octanol–water partition coefficient (Wildman–Crippen LogP) is 1.60. The first kappa shape index (κ1) is 13.1. The van der Waals surface area contributed by atoms with Gasteiger partial charge in [0.25, 0.3) is 0 Å². The first-order chi connectivity index (χ1) is 7.81. The van der Waals surface area contributed by atoms with Crippen LogP contribution in [0.25, 0.3) is 0 Å². The Morgan fingerprint density at radius 3 is 1.56 bits per heavy atom. The molecule has 0 rings (SSSR count). The Bertz CT molecular complexity index is 516. The standard InChI is InChI=1S/C16H8/c1-4-6-8-10-12-14-16(3)15-13-11-9-7-5-2/h1-2H,3,14-15H2. The van der Waals surface area contributed by atoms with Gasteiger partial charge in [-0.05, 0) is 47.4 Å². The number of hydrogen-bond acceptors (Lipinski definition) is 0. The summed E-state index contributed by atoms with van der Waals surface area (Å²) in [6.07, 6.45) is 10.9. The maximum absolute atomic E-state index is 4.92. The van der Waals surface area contributed by atoms with Crippen LogP contribution in [0.4, 0.5) is 0 Å². The molecule has 0 radical (unpaired) electrons. The van der Waals surface area contributed by atoms with Gasteiger partial charge >= 0.3 is 0 Å². The van der Waals surface area contributed by atoms with E-state index in [4.69, 9.17) is 12.8 Å². The van der Waals surface area contributed by atoms with Crippen molar-refractivity contribution in [1.29, 1.82) is 0 Å². The molecule has 72 valence electrons. The van der Waals surface area contributed by atoms with Crippen LogP contribution in [0.3, 0.4) is 0 Å². The van der Waals surface area contributed by atoms with E-state index in [0.29, 0.717) is 12.8 Å². The van der Waals surface area contributed by atoms with Crippen molar-refractivity contribution in [3.8, 4) is 72.1 Å². The first-order valence-electron chi connectivity index (χ1n) is 4.35. The lowest BCUT2D eigenvalue weighted by Crippen LogP contribution is -1.76. The van der Waals surface area contributed by atoms with Gasteiger partial charge in [-0.25, -0.2) is 0 Å². The third-order valence-electron chi connectivity index (χ3n) is 1.25. The third-order valence-corrected chi connectivity index (χ3v) is 1.25. The normalized spacial score (nSPS) is 5.38. The van der Waals surface area contributed by atoms with E-state index in [9.17, 15) is 0 Å². The van der Waals surface area contributed by atoms with Gasteiger partial charge in [0.05, 0.1) is 0 Å². The molecule has 16 heavy (non-hydrogen) atoms. The second kappa shape index (κ2) is 10.2. The second-order valence-electron chi connectivity index (χ2n) is 2.50. The molecule has 0 fully saturated rings. The zero-order valence-corrected chi connectivity index (χ0v) is 8.78. The molecule has 0 saturated heterocycles. The molecule has 0 aromatic heterocycles. The van der Waals surface area contributed by atoms with Crippen LogP contribution in [-0.2, 0) is 0 Å². The molecular weight excluding hydrogens is 192 g/mol. The van der Waals surface area contributed by atoms with Gasteiger partial charge in [0, 0.05) is 12.8 Å². The first-order valence-corrected chi connectivity index (χ1v) is 4.35. The largest absolute Gasteiger partial charge is 0.106 e. The Morgan fingerprint density at radius 2 is 1.19 bits per heavy atom. The molecular formula is C16H8. The molecule has 0 atom stereocenters. The van der Waals surface area contributed by atoms with Crippen molar-refractivity contribution in [2.45, 2.75) is 12.8 Å². The van der Waals surface area contributed by atoms with Crippen molar-refractivity contribution in [2.75, 3.05) is 0 Å². The Hall–Kier alpha value is -2.90.